The van der Waals surface area contributed by atoms with Crippen molar-refractivity contribution in [1.82, 2.24) is 14.8 Å². The lowest BCUT2D eigenvalue weighted by Crippen LogP contribution is -2.36. The van der Waals surface area contributed by atoms with Crippen molar-refractivity contribution >= 4 is 28.8 Å². The number of nitrogens with zero attached hydrogens (tertiary/aromatic N) is 4. The Kier molecular flexibility index (Phi) is 4.11. The van der Waals surface area contributed by atoms with Gasteiger partial charge < -0.3 is 5.32 Å². The molecule has 0 radical (unpaired) electrons. The Morgan fingerprint density at radius 2 is 2.10 bits per heavy atom. The van der Waals surface area contributed by atoms with Gasteiger partial charge in [-0.15, -0.1) is 16.4 Å². The number of nitro groups is 1. The summed E-state index contributed by atoms with van der Waals surface area (Å²) in [7, 11) is 0. The summed E-state index contributed by atoms with van der Waals surface area (Å²) in [5, 5.41) is 21.3. The summed E-state index contributed by atoms with van der Waals surface area (Å²) in [6, 6.07) is 9.73. The highest BCUT2D eigenvalue weighted by atomic mass is 32.1. The number of benzene rings is 1. The Bertz CT molecular complexity index is 1210. The maximum absolute atomic E-state index is 13.2. The lowest BCUT2D eigenvalue weighted by atomic mass is 9.73. The summed E-state index contributed by atoms with van der Waals surface area (Å²) in [4.78, 5) is 29.7. The molecule has 1 aromatic carbocycles. The number of carbonyl (C=O) groups excluding carboxylic acids is 1. The largest absolute Gasteiger partial charge is 0.328 e. The van der Waals surface area contributed by atoms with E-state index in [1.807, 2.05) is 17.5 Å². The number of carbonyl (C=O) groups is 1. The number of fused-ring (bicyclic) bond motifs is 1. The van der Waals surface area contributed by atoms with Gasteiger partial charge in [0.15, 0.2) is 11.6 Å². The molecular weight excluding hydrogens is 402 g/mol. The number of nitro benzene ring substituents is 1. The van der Waals surface area contributed by atoms with Crippen LogP contribution in [-0.4, -0.2) is 25.5 Å². The zero-order valence-electron chi connectivity index (χ0n) is 16.5. The van der Waals surface area contributed by atoms with Crippen LogP contribution in [0.1, 0.15) is 38.3 Å². The minimum absolute atomic E-state index is 0.0167. The molecule has 1 atom stereocenters. The number of non-ortho nitro benzene ring substituents is 1. The number of hydrogen-bond acceptors (Lipinski definition) is 7. The molecule has 2 aliphatic rings. The molecule has 152 valence electrons. The van der Waals surface area contributed by atoms with Gasteiger partial charge in [0.2, 0.25) is 5.95 Å². The van der Waals surface area contributed by atoms with Crippen LogP contribution in [-0.2, 0) is 4.79 Å². The first kappa shape index (κ1) is 18.7. The number of hydrogen-bond donors (Lipinski definition) is 1. The van der Waals surface area contributed by atoms with Crippen LogP contribution in [0.25, 0.3) is 10.7 Å². The maximum atomic E-state index is 13.2. The summed E-state index contributed by atoms with van der Waals surface area (Å²) in [6.45, 7) is 4.13. The molecule has 3 heterocycles. The molecule has 30 heavy (non-hydrogen) atoms. The molecule has 0 bridgehead atoms. The van der Waals surface area contributed by atoms with E-state index in [1.54, 1.807) is 16.8 Å². The van der Waals surface area contributed by atoms with Gasteiger partial charge in [-0.1, -0.05) is 32.0 Å². The number of ketones is 1. The van der Waals surface area contributed by atoms with Gasteiger partial charge in [0, 0.05) is 29.8 Å². The number of anilines is 1. The van der Waals surface area contributed by atoms with E-state index in [0.717, 1.165) is 10.6 Å². The van der Waals surface area contributed by atoms with Gasteiger partial charge >= 0.3 is 0 Å². The van der Waals surface area contributed by atoms with Crippen molar-refractivity contribution in [3.05, 3.63) is 68.7 Å². The normalized spacial score (nSPS) is 19.8. The highest BCUT2D eigenvalue weighted by Crippen LogP contribution is 2.46. The molecular formula is C21H19N5O3S. The van der Waals surface area contributed by atoms with Crippen molar-refractivity contribution < 1.29 is 9.72 Å². The SMILES string of the molecule is CC1(C)CC(=O)C2=C(C1)Nc1nc(-c3cccs3)nn1C2c1cccc([N+](=O)[O-])c1. The fourth-order valence-electron chi connectivity index (χ4n) is 4.24. The second-order valence-corrected chi connectivity index (χ2v) is 9.34. The van der Waals surface area contributed by atoms with Crippen LogP contribution in [0.3, 0.4) is 0 Å². The molecule has 1 N–H and O–H groups in total. The Balaban J connectivity index is 1.71. The molecule has 1 aliphatic heterocycles. The highest BCUT2D eigenvalue weighted by Gasteiger charge is 2.42. The lowest BCUT2D eigenvalue weighted by Gasteiger charge is -2.38. The van der Waals surface area contributed by atoms with Crippen molar-refractivity contribution in [3.63, 3.8) is 0 Å². The Morgan fingerprint density at radius 1 is 1.27 bits per heavy atom. The van der Waals surface area contributed by atoms with Crippen molar-refractivity contribution in [2.75, 3.05) is 5.32 Å². The summed E-state index contributed by atoms with van der Waals surface area (Å²) >= 11 is 1.53. The van der Waals surface area contributed by atoms with E-state index in [0.29, 0.717) is 35.8 Å². The molecule has 2 aromatic heterocycles. The zero-order chi connectivity index (χ0) is 21.0. The van der Waals surface area contributed by atoms with Crippen LogP contribution in [0.15, 0.2) is 53.0 Å². The van der Waals surface area contributed by atoms with E-state index in [-0.39, 0.29) is 16.9 Å². The molecule has 0 fully saturated rings. The predicted octanol–water partition coefficient (Wildman–Crippen LogP) is 4.57. The second kappa shape index (κ2) is 6.60. The third kappa shape index (κ3) is 3.02. The van der Waals surface area contributed by atoms with Gasteiger partial charge in [0.05, 0.1) is 9.80 Å². The van der Waals surface area contributed by atoms with E-state index in [9.17, 15) is 14.9 Å². The van der Waals surface area contributed by atoms with Crippen LogP contribution in [0.2, 0.25) is 0 Å². The maximum Gasteiger partial charge on any atom is 0.269 e. The highest BCUT2D eigenvalue weighted by molar-refractivity contribution is 7.13. The molecule has 0 saturated heterocycles. The third-order valence-electron chi connectivity index (χ3n) is 5.47. The van der Waals surface area contributed by atoms with E-state index >= 15 is 0 Å². The standard InChI is InChI=1S/C21H19N5O3S/c1-21(2)10-14-17(15(27)11-21)18(12-5-3-6-13(9-12)26(28)29)25-20(22-14)23-19(24-25)16-7-4-8-30-16/h3-9,18H,10-11H2,1-2H3,(H,22,23,24). The van der Waals surface area contributed by atoms with Crippen molar-refractivity contribution in [1.29, 1.82) is 0 Å². The minimum atomic E-state index is -0.555. The first-order valence-electron chi connectivity index (χ1n) is 9.60. The number of Topliss-reactive ketones (excluding diaryl/α,β-unsaturated/α-hetero) is 1. The molecule has 0 amide bonds. The smallest absolute Gasteiger partial charge is 0.269 e. The van der Waals surface area contributed by atoms with Gasteiger partial charge in [-0.25, -0.2) is 4.68 Å². The van der Waals surface area contributed by atoms with Crippen molar-refractivity contribution in [2.24, 2.45) is 5.41 Å². The third-order valence-corrected chi connectivity index (χ3v) is 6.34. The van der Waals surface area contributed by atoms with E-state index in [4.69, 9.17) is 0 Å². The second-order valence-electron chi connectivity index (χ2n) is 8.39. The predicted molar refractivity (Wildman–Crippen MR) is 113 cm³/mol. The van der Waals surface area contributed by atoms with Gasteiger partial charge in [-0.05, 0) is 28.8 Å². The molecule has 1 aliphatic carbocycles. The summed E-state index contributed by atoms with van der Waals surface area (Å²) in [5.74, 6) is 1.14. The molecule has 8 nitrogen and oxygen atoms in total. The topological polar surface area (TPSA) is 103 Å². The monoisotopic (exact) mass is 421 g/mol. The van der Waals surface area contributed by atoms with Crippen LogP contribution in [0.4, 0.5) is 11.6 Å². The quantitative estimate of drug-likeness (QED) is 0.491. The molecule has 3 aromatic rings. The van der Waals surface area contributed by atoms with Crippen LogP contribution >= 0.6 is 11.3 Å². The zero-order valence-corrected chi connectivity index (χ0v) is 17.3. The number of aromatic nitrogens is 3. The number of rotatable bonds is 3. The summed E-state index contributed by atoms with van der Waals surface area (Å²) in [5.41, 5.74) is 1.90. The summed E-state index contributed by atoms with van der Waals surface area (Å²) in [6.07, 6.45) is 1.11. The fraction of sp³-hybridized carbons (Fsp3) is 0.286. The number of thiophene rings is 1. The average molecular weight is 421 g/mol. The van der Waals surface area contributed by atoms with Gasteiger partial charge in [-0.2, -0.15) is 4.98 Å². The molecule has 0 spiro atoms. The number of nitrogens with one attached hydrogen (secondary N) is 1. The first-order chi connectivity index (χ1) is 14.3. The first-order valence-corrected chi connectivity index (χ1v) is 10.5. The van der Waals surface area contributed by atoms with Crippen LogP contribution in [0.5, 0.6) is 0 Å². The molecule has 5 rings (SSSR count). The fourth-order valence-corrected chi connectivity index (χ4v) is 4.89. The summed E-state index contributed by atoms with van der Waals surface area (Å²) < 4.78 is 1.68. The minimum Gasteiger partial charge on any atom is -0.328 e. The average Bonchev–Trinajstić information content (AvgIpc) is 3.34. The van der Waals surface area contributed by atoms with E-state index in [1.165, 1.54) is 23.5 Å². The number of allylic oxidation sites excluding steroid dienone is 2. The van der Waals surface area contributed by atoms with Gasteiger partial charge in [0.1, 0.15) is 6.04 Å². The van der Waals surface area contributed by atoms with Crippen molar-refractivity contribution in [3.8, 4) is 10.7 Å². The lowest BCUT2D eigenvalue weighted by molar-refractivity contribution is -0.384. The van der Waals surface area contributed by atoms with E-state index < -0.39 is 11.0 Å². The molecule has 0 saturated carbocycles. The van der Waals surface area contributed by atoms with E-state index in [2.05, 4.69) is 29.2 Å². The van der Waals surface area contributed by atoms with Crippen molar-refractivity contribution in [2.45, 2.75) is 32.7 Å². The molecule has 1 unspecified atom stereocenters. The Hall–Kier alpha value is -3.33. The molecule has 9 heteroatoms. The van der Waals surface area contributed by atoms with Crippen LogP contribution in [0, 0.1) is 15.5 Å². The Labute approximate surface area is 176 Å². The van der Waals surface area contributed by atoms with Gasteiger partial charge in [0.25, 0.3) is 5.69 Å². The van der Waals surface area contributed by atoms with Gasteiger partial charge in [-0.3, -0.25) is 14.9 Å². The Morgan fingerprint density at radius 3 is 2.83 bits per heavy atom. The van der Waals surface area contributed by atoms with Crippen LogP contribution < -0.4 is 5.32 Å².